The molecule has 0 amide bonds. The second kappa shape index (κ2) is 11.0. The lowest BCUT2D eigenvalue weighted by atomic mass is 10.1. The zero-order valence-corrected chi connectivity index (χ0v) is 11.7. The Bertz CT molecular complexity index is 163. The van der Waals surface area contributed by atoms with Crippen molar-refractivity contribution in [3.8, 4) is 0 Å². The fourth-order valence-electron chi connectivity index (χ4n) is 1.88. The zero-order valence-electron chi connectivity index (χ0n) is 11.7. The van der Waals surface area contributed by atoms with E-state index in [0.717, 1.165) is 0 Å². The molecule has 0 heterocycles. The van der Waals surface area contributed by atoms with E-state index in [1.807, 2.05) is 0 Å². The molecule has 96 valence electrons. The first-order valence-electron chi connectivity index (χ1n) is 7.11. The lowest BCUT2D eigenvalue weighted by Crippen LogP contribution is -2.18. The number of nitrogens with zero attached hydrogens (tertiary/aromatic N) is 1. The van der Waals surface area contributed by atoms with E-state index >= 15 is 0 Å². The fourth-order valence-corrected chi connectivity index (χ4v) is 1.88. The van der Waals surface area contributed by atoms with Gasteiger partial charge in [-0.3, -0.25) is 0 Å². The van der Waals surface area contributed by atoms with Crippen molar-refractivity contribution in [2.24, 2.45) is 0 Å². The van der Waals surface area contributed by atoms with Crippen molar-refractivity contribution in [1.29, 1.82) is 0 Å². The molecule has 0 spiro atoms. The minimum Gasteiger partial charge on any atom is -0.378 e. The molecular formula is C15H31N. The monoisotopic (exact) mass is 225 g/mol. The molecule has 0 bridgehead atoms. The van der Waals surface area contributed by atoms with E-state index in [0.29, 0.717) is 0 Å². The Kier molecular flexibility index (Phi) is 10.7. The summed E-state index contributed by atoms with van der Waals surface area (Å²) in [5, 5.41) is 0. The smallest absolute Gasteiger partial charge is 0.0171 e. The van der Waals surface area contributed by atoms with Gasteiger partial charge in [0.15, 0.2) is 0 Å². The van der Waals surface area contributed by atoms with E-state index in [4.69, 9.17) is 0 Å². The van der Waals surface area contributed by atoms with Crippen LogP contribution in [0.3, 0.4) is 0 Å². The molecule has 0 unspecified atom stereocenters. The summed E-state index contributed by atoms with van der Waals surface area (Å²) in [5.74, 6) is 0. The molecule has 0 aliphatic carbocycles. The maximum absolute atomic E-state index is 4.18. The topological polar surface area (TPSA) is 3.24 Å². The molecule has 0 atom stereocenters. The van der Waals surface area contributed by atoms with E-state index in [1.165, 1.54) is 70.0 Å². The third-order valence-electron chi connectivity index (χ3n) is 3.21. The van der Waals surface area contributed by atoms with Crippen molar-refractivity contribution in [3.63, 3.8) is 0 Å². The van der Waals surface area contributed by atoms with Crippen LogP contribution >= 0.6 is 0 Å². The van der Waals surface area contributed by atoms with Crippen LogP contribution in [0.25, 0.3) is 0 Å². The minimum absolute atomic E-state index is 1.18. The van der Waals surface area contributed by atoms with Gasteiger partial charge in [0.05, 0.1) is 0 Å². The summed E-state index contributed by atoms with van der Waals surface area (Å²) in [5.41, 5.74) is 1.33. The summed E-state index contributed by atoms with van der Waals surface area (Å²) < 4.78 is 0. The van der Waals surface area contributed by atoms with Gasteiger partial charge in [0, 0.05) is 19.3 Å². The van der Waals surface area contributed by atoms with Crippen molar-refractivity contribution in [2.45, 2.75) is 71.6 Å². The van der Waals surface area contributed by atoms with Crippen molar-refractivity contribution in [3.05, 3.63) is 12.3 Å². The second-order valence-electron chi connectivity index (χ2n) is 4.86. The molecule has 0 aromatic heterocycles. The second-order valence-corrected chi connectivity index (χ2v) is 4.86. The largest absolute Gasteiger partial charge is 0.378 e. The summed E-state index contributed by atoms with van der Waals surface area (Å²) >= 11 is 0. The molecule has 0 aliphatic heterocycles. The van der Waals surface area contributed by atoms with Gasteiger partial charge in [0.2, 0.25) is 0 Å². The summed E-state index contributed by atoms with van der Waals surface area (Å²) in [6.07, 6.45) is 11.9. The summed E-state index contributed by atoms with van der Waals surface area (Å²) in [7, 11) is 2.19. The molecule has 0 aromatic carbocycles. The molecule has 0 aromatic rings. The zero-order chi connectivity index (χ0) is 12.2. The van der Waals surface area contributed by atoms with Gasteiger partial charge in [0.25, 0.3) is 0 Å². The van der Waals surface area contributed by atoms with Crippen molar-refractivity contribution in [2.75, 3.05) is 13.6 Å². The highest BCUT2D eigenvalue weighted by molar-refractivity contribution is 4.91. The molecule has 0 fully saturated rings. The Hall–Kier alpha value is -0.460. The molecule has 16 heavy (non-hydrogen) atoms. The minimum atomic E-state index is 1.18. The first-order chi connectivity index (χ1) is 7.72. The van der Waals surface area contributed by atoms with Gasteiger partial charge in [-0.2, -0.15) is 0 Å². The van der Waals surface area contributed by atoms with E-state index in [-0.39, 0.29) is 0 Å². The Morgan fingerprint density at radius 3 is 2.00 bits per heavy atom. The molecule has 0 N–H and O–H groups in total. The highest BCUT2D eigenvalue weighted by atomic mass is 15.1. The predicted octanol–water partition coefficient (Wildman–Crippen LogP) is 4.98. The lowest BCUT2D eigenvalue weighted by molar-refractivity contribution is 0.382. The maximum atomic E-state index is 4.18. The normalized spacial score (nSPS) is 10.4. The van der Waals surface area contributed by atoms with Crippen LogP contribution in [0.15, 0.2) is 12.3 Å². The lowest BCUT2D eigenvalue weighted by Gasteiger charge is -2.21. The molecule has 1 heteroatoms. The van der Waals surface area contributed by atoms with Crippen molar-refractivity contribution >= 4 is 0 Å². The van der Waals surface area contributed by atoms with Crippen LogP contribution in [-0.2, 0) is 0 Å². The molecule has 0 radical (unpaired) electrons. The molecule has 0 rings (SSSR count). The first-order valence-corrected chi connectivity index (χ1v) is 7.11. The maximum Gasteiger partial charge on any atom is 0.0171 e. The molecular weight excluding hydrogens is 194 g/mol. The Morgan fingerprint density at radius 2 is 1.44 bits per heavy atom. The highest BCUT2D eigenvalue weighted by Gasteiger charge is 2.01. The first kappa shape index (κ1) is 15.5. The Morgan fingerprint density at radius 1 is 0.875 bits per heavy atom. The van der Waals surface area contributed by atoms with Crippen molar-refractivity contribution in [1.82, 2.24) is 4.90 Å². The fraction of sp³-hybridized carbons (Fsp3) is 0.867. The summed E-state index contributed by atoms with van der Waals surface area (Å²) in [6, 6.07) is 0. The summed E-state index contributed by atoms with van der Waals surface area (Å²) in [4.78, 5) is 2.35. The number of allylic oxidation sites excluding steroid dienone is 1. The van der Waals surface area contributed by atoms with Gasteiger partial charge in [-0.05, 0) is 19.3 Å². The standard InChI is InChI=1S/C15H31N/c1-5-7-9-11-13-15(3)16(4)14-12-10-8-6-2/h3,5-14H2,1-2,4H3. The van der Waals surface area contributed by atoms with Gasteiger partial charge in [-0.1, -0.05) is 59.0 Å². The highest BCUT2D eigenvalue weighted by Crippen LogP contribution is 2.12. The molecule has 0 saturated heterocycles. The third-order valence-corrected chi connectivity index (χ3v) is 3.21. The van der Waals surface area contributed by atoms with Crippen LogP contribution < -0.4 is 0 Å². The number of hydrogen-bond acceptors (Lipinski definition) is 1. The SMILES string of the molecule is C=C(CCCCCC)N(C)CCCCCC. The van der Waals surface area contributed by atoms with Crippen LogP contribution in [-0.4, -0.2) is 18.5 Å². The number of hydrogen-bond donors (Lipinski definition) is 0. The van der Waals surface area contributed by atoms with Gasteiger partial charge >= 0.3 is 0 Å². The van der Waals surface area contributed by atoms with Crippen LogP contribution in [0.5, 0.6) is 0 Å². The molecule has 1 nitrogen and oxygen atoms in total. The van der Waals surface area contributed by atoms with E-state index in [2.05, 4.69) is 32.4 Å². The average Bonchev–Trinajstić information content (AvgIpc) is 2.29. The van der Waals surface area contributed by atoms with Crippen LogP contribution in [0.4, 0.5) is 0 Å². The van der Waals surface area contributed by atoms with Crippen molar-refractivity contribution < 1.29 is 0 Å². The number of rotatable bonds is 11. The van der Waals surface area contributed by atoms with E-state index in [9.17, 15) is 0 Å². The Labute approximate surface area is 103 Å². The average molecular weight is 225 g/mol. The number of unbranched alkanes of at least 4 members (excludes halogenated alkanes) is 6. The predicted molar refractivity (Wildman–Crippen MR) is 74.7 cm³/mol. The molecule has 0 saturated carbocycles. The quantitative estimate of drug-likeness (QED) is 0.448. The van der Waals surface area contributed by atoms with Crippen LogP contribution in [0, 0.1) is 0 Å². The van der Waals surface area contributed by atoms with Gasteiger partial charge < -0.3 is 4.90 Å². The van der Waals surface area contributed by atoms with Gasteiger partial charge in [-0.15, -0.1) is 0 Å². The van der Waals surface area contributed by atoms with Gasteiger partial charge in [0.1, 0.15) is 0 Å². The van der Waals surface area contributed by atoms with Crippen LogP contribution in [0.1, 0.15) is 71.6 Å². The Balaban J connectivity index is 3.42. The van der Waals surface area contributed by atoms with Gasteiger partial charge in [-0.25, -0.2) is 0 Å². The van der Waals surface area contributed by atoms with E-state index < -0.39 is 0 Å². The van der Waals surface area contributed by atoms with E-state index in [1.54, 1.807) is 0 Å². The van der Waals surface area contributed by atoms with Crippen LogP contribution in [0.2, 0.25) is 0 Å². The third kappa shape index (κ3) is 8.82. The summed E-state index contributed by atoms with van der Waals surface area (Å²) in [6.45, 7) is 9.88. The molecule has 0 aliphatic rings.